The van der Waals surface area contributed by atoms with Crippen LogP contribution in [0.3, 0.4) is 0 Å². The smallest absolute Gasteiger partial charge is 0.224 e. The number of benzene rings is 1. The van der Waals surface area contributed by atoms with Gasteiger partial charge >= 0.3 is 0 Å². The van der Waals surface area contributed by atoms with Crippen LogP contribution in [0.15, 0.2) is 48.9 Å². The maximum absolute atomic E-state index is 12.3. The summed E-state index contributed by atoms with van der Waals surface area (Å²) < 4.78 is 0. The van der Waals surface area contributed by atoms with Gasteiger partial charge in [-0.3, -0.25) is 14.9 Å². The first-order chi connectivity index (χ1) is 18.4. The van der Waals surface area contributed by atoms with Crippen LogP contribution >= 0.6 is 0 Å². The number of anilines is 2. The van der Waals surface area contributed by atoms with E-state index in [1.807, 2.05) is 44.3 Å². The molecule has 10 nitrogen and oxygen atoms in total. The maximum Gasteiger partial charge on any atom is 0.224 e. The predicted octanol–water partition coefficient (Wildman–Crippen LogP) is 4.30. The van der Waals surface area contributed by atoms with E-state index >= 15 is 0 Å². The minimum Gasteiger partial charge on any atom is -0.352 e. The van der Waals surface area contributed by atoms with Crippen molar-refractivity contribution in [2.75, 3.05) is 43.4 Å². The summed E-state index contributed by atoms with van der Waals surface area (Å²) >= 11 is 0. The first kappa shape index (κ1) is 24.1. The molecular formula is C28H31N9O. The predicted molar refractivity (Wildman–Crippen MR) is 150 cm³/mol. The monoisotopic (exact) mass is 509 g/mol. The zero-order valence-electron chi connectivity index (χ0n) is 21.8. The van der Waals surface area contributed by atoms with Crippen molar-refractivity contribution < 1.29 is 4.79 Å². The lowest BCUT2D eigenvalue weighted by atomic mass is 10.0. The highest BCUT2D eigenvalue weighted by molar-refractivity contribution is 5.97. The molecule has 1 saturated heterocycles. The SMILES string of the molecule is CC(C)CC(=O)Nc1cncc(-c2ccc3[nH]nc(-c4nc5c(N6CCN(C)CC6)nccc5[nH]4)c3c2)c1. The molecule has 3 N–H and O–H groups in total. The fraction of sp³-hybridized carbons (Fsp3) is 0.321. The number of fused-ring (bicyclic) bond motifs is 2. The molecule has 194 valence electrons. The number of nitrogens with zero attached hydrogens (tertiary/aromatic N) is 6. The van der Waals surface area contributed by atoms with Crippen molar-refractivity contribution in [3.8, 4) is 22.6 Å². The number of likely N-dealkylation sites (N-methyl/N-ethyl adjacent to an activating group) is 1. The second-order valence-electron chi connectivity index (χ2n) is 10.3. The van der Waals surface area contributed by atoms with Crippen molar-refractivity contribution in [1.82, 2.24) is 35.0 Å². The molecule has 38 heavy (non-hydrogen) atoms. The number of imidazole rings is 1. The molecule has 0 bridgehead atoms. The molecule has 0 unspecified atom stereocenters. The van der Waals surface area contributed by atoms with Crippen molar-refractivity contribution in [2.45, 2.75) is 20.3 Å². The third-order valence-electron chi connectivity index (χ3n) is 6.92. The number of pyridine rings is 2. The molecule has 1 aliphatic rings. The van der Waals surface area contributed by atoms with E-state index in [4.69, 9.17) is 4.98 Å². The molecule has 6 rings (SSSR count). The molecule has 5 heterocycles. The van der Waals surface area contributed by atoms with Crippen LogP contribution in [-0.2, 0) is 4.79 Å². The Morgan fingerprint density at radius 1 is 1.05 bits per heavy atom. The summed E-state index contributed by atoms with van der Waals surface area (Å²) in [5, 5.41) is 11.6. The van der Waals surface area contributed by atoms with Gasteiger partial charge in [0.1, 0.15) is 11.2 Å². The minimum atomic E-state index is -0.0122. The van der Waals surface area contributed by atoms with Crippen LogP contribution in [0.1, 0.15) is 20.3 Å². The molecule has 4 aromatic heterocycles. The number of aromatic nitrogens is 6. The first-order valence-electron chi connectivity index (χ1n) is 13.0. The van der Waals surface area contributed by atoms with E-state index in [2.05, 4.69) is 53.4 Å². The second-order valence-corrected chi connectivity index (χ2v) is 10.3. The molecule has 0 atom stereocenters. The zero-order chi connectivity index (χ0) is 26.2. The fourth-order valence-electron chi connectivity index (χ4n) is 4.91. The van der Waals surface area contributed by atoms with Crippen LogP contribution in [0.5, 0.6) is 0 Å². The van der Waals surface area contributed by atoms with Gasteiger partial charge in [-0.1, -0.05) is 19.9 Å². The number of piperazine rings is 1. The molecular weight excluding hydrogens is 478 g/mol. The van der Waals surface area contributed by atoms with E-state index in [1.165, 1.54) is 0 Å². The molecule has 0 radical (unpaired) electrons. The van der Waals surface area contributed by atoms with E-state index in [0.717, 1.165) is 70.8 Å². The highest BCUT2D eigenvalue weighted by Gasteiger charge is 2.21. The van der Waals surface area contributed by atoms with Gasteiger partial charge in [0.2, 0.25) is 5.91 Å². The van der Waals surface area contributed by atoms with Gasteiger partial charge in [-0.15, -0.1) is 0 Å². The number of hydrogen-bond acceptors (Lipinski definition) is 7. The number of carbonyl (C=O) groups excluding carboxylic acids is 1. The Balaban J connectivity index is 1.34. The Hall–Kier alpha value is -4.31. The summed E-state index contributed by atoms with van der Waals surface area (Å²) in [6, 6.07) is 10.0. The highest BCUT2D eigenvalue weighted by atomic mass is 16.1. The number of H-pyrrole nitrogens is 2. The van der Waals surface area contributed by atoms with Crippen molar-refractivity contribution >= 4 is 39.3 Å². The van der Waals surface area contributed by atoms with E-state index < -0.39 is 0 Å². The van der Waals surface area contributed by atoms with Gasteiger partial charge < -0.3 is 20.1 Å². The summed E-state index contributed by atoms with van der Waals surface area (Å²) in [7, 11) is 2.14. The average molecular weight is 510 g/mol. The minimum absolute atomic E-state index is 0.0122. The molecule has 10 heteroatoms. The Bertz CT molecular complexity index is 1610. The molecule has 0 spiro atoms. The Labute approximate surface area is 220 Å². The summed E-state index contributed by atoms with van der Waals surface area (Å²) in [4.78, 5) is 34.3. The van der Waals surface area contributed by atoms with Gasteiger partial charge in [0, 0.05) is 55.9 Å². The van der Waals surface area contributed by atoms with E-state index in [9.17, 15) is 4.79 Å². The Kier molecular flexibility index (Phi) is 6.24. The quantitative estimate of drug-likeness (QED) is 0.312. The molecule has 0 aliphatic carbocycles. The standard InChI is InChI=1S/C28H31N9O/c1-17(2)12-24(38)31-20-13-19(15-29-16-20)18-4-5-22-21(14-18)25(35-34-22)27-32-23-6-7-30-28(26(23)33-27)37-10-8-36(3)9-11-37/h4-7,13-17H,8-12H2,1-3H3,(H,31,38)(H,32,33)(H,34,35). The van der Waals surface area contributed by atoms with Crippen LogP contribution in [0.2, 0.25) is 0 Å². The normalized spacial score (nSPS) is 14.6. The lowest BCUT2D eigenvalue weighted by molar-refractivity contribution is -0.116. The number of carbonyl (C=O) groups is 1. The summed E-state index contributed by atoms with van der Waals surface area (Å²) in [6.45, 7) is 7.89. The number of nitrogens with one attached hydrogen (secondary N) is 3. The van der Waals surface area contributed by atoms with Crippen LogP contribution in [0, 0.1) is 5.92 Å². The third-order valence-corrected chi connectivity index (χ3v) is 6.92. The largest absolute Gasteiger partial charge is 0.352 e. The highest BCUT2D eigenvalue weighted by Crippen LogP contribution is 2.32. The molecule has 1 fully saturated rings. The Morgan fingerprint density at radius 2 is 1.89 bits per heavy atom. The second kappa shape index (κ2) is 9.86. The van der Waals surface area contributed by atoms with E-state index in [1.54, 1.807) is 12.4 Å². The average Bonchev–Trinajstić information content (AvgIpc) is 3.52. The molecule has 1 amide bonds. The molecule has 0 saturated carbocycles. The van der Waals surface area contributed by atoms with Crippen molar-refractivity contribution in [2.24, 2.45) is 5.92 Å². The Morgan fingerprint density at radius 3 is 2.71 bits per heavy atom. The number of hydrogen-bond donors (Lipinski definition) is 3. The fourth-order valence-corrected chi connectivity index (χ4v) is 4.91. The van der Waals surface area contributed by atoms with E-state index in [-0.39, 0.29) is 5.91 Å². The van der Waals surface area contributed by atoms with Crippen molar-refractivity contribution in [3.05, 3.63) is 48.9 Å². The first-order valence-corrected chi connectivity index (χ1v) is 13.0. The lowest BCUT2D eigenvalue weighted by Crippen LogP contribution is -2.44. The lowest BCUT2D eigenvalue weighted by Gasteiger charge is -2.33. The summed E-state index contributed by atoms with van der Waals surface area (Å²) in [6.07, 6.45) is 5.77. The van der Waals surface area contributed by atoms with Crippen LogP contribution in [-0.4, -0.2) is 74.2 Å². The van der Waals surface area contributed by atoms with Gasteiger partial charge in [0.15, 0.2) is 11.6 Å². The number of rotatable bonds is 6. The number of aromatic amines is 2. The van der Waals surface area contributed by atoms with Crippen LogP contribution in [0.4, 0.5) is 11.5 Å². The van der Waals surface area contributed by atoms with Gasteiger partial charge in [0.25, 0.3) is 0 Å². The number of amides is 1. The maximum atomic E-state index is 12.3. The summed E-state index contributed by atoms with van der Waals surface area (Å²) in [5.41, 5.74) is 6.02. The summed E-state index contributed by atoms with van der Waals surface area (Å²) in [5.74, 6) is 1.88. The van der Waals surface area contributed by atoms with Gasteiger partial charge in [-0.05, 0) is 42.8 Å². The van der Waals surface area contributed by atoms with Crippen molar-refractivity contribution in [1.29, 1.82) is 0 Å². The molecule has 5 aromatic rings. The van der Waals surface area contributed by atoms with E-state index in [0.29, 0.717) is 23.9 Å². The van der Waals surface area contributed by atoms with Gasteiger partial charge in [-0.25, -0.2) is 9.97 Å². The van der Waals surface area contributed by atoms with Gasteiger partial charge in [0.05, 0.1) is 22.9 Å². The zero-order valence-corrected chi connectivity index (χ0v) is 21.8. The van der Waals surface area contributed by atoms with Crippen LogP contribution < -0.4 is 10.2 Å². The van der Waals surface area contributed by atoms with Crippen LogP contribution in [0.25, 0.3) is 44.6 Å². The topological polar surface area (TPSA) is 119 Å². The third kappa shape index (κ3) is 4.70. The molecule has 1 aromatic carbocycles. The van der Waals surface area contributed by atoms with Gasteiger partial charge in [-0.2, -0.15) is 5.10 Å². The molecule has 1 aliphatic heterocycles. The van der Waals surface area contributed by atoms with Crippen molar-refractivity contribution in [3.63, 3.8) is 0 Å².